The van der Waals surface area contributed by atoms with Crippen LogP contribution in [0.4, 0.5) is 4.39 Å². The lowest BCUT2D eigenvalue weighted by atomic mass is 10.1. The molecule has 8 heteroatoms. The molecule has 0 saturated carbocycles. The minimum Gasteiger partial charge on any atom is -0.348 e. The van der Waals surface area contributed by atoms with E-state index in [4.69, 9.17) is 0 Å². The van der Waals surface area contributed by atoms with Crippen LogP contribution in [-0.2, 0) is 14.6 Å². The molecule has 2 aromatic rings. The monoisotopic (exact) mass is 339 g/mol. The summed E-state index contributed by atoms with van der Waals surface area (Å²) >= 11 is 0. The molecule has 1 aromatic carbocycles. The molecular formula is C15H18FN3O3S. The molecule has 23 heavy (non-hydrogen) atoms. The molecular weight excluding hydrogens is 321 g/mol. The largest absolute Gasteiger partial charge is 0.348 e. The molecule has 0 radical (unpaired) electrons. The number of carbonyl (C=O) groups excluding carboxylic acids is 1. The molecule has 0 aliphatic rings. The predicted octanol–water partition coefficient (Wildman–Crippen LogP) is 1.86. The molecule has 0 aliphatic heterocycles. The van der Waals surface area contributed by atoms with Gasteiger partial charge in [0.1, 0.15) is 16.8 Å². The number of hydrogen-bond acceptors (Lipinski definition) is 4. The second-order valence-electron chi connectivity index (χ2n) is 5.35. The van der Waals surface area contributed by atoms with Gasteiger partial charge in [0.15, 0.2) is 9.84 Å². The maximum Gasteiger partial charge on any atom is 0.245 e. The normalized spacial score (nSPS) is 14.3. The lowest BCUT2D eigenvalue weighted by Gasteiger charge is -2.18. The van der Waals surface area contributed by atoms with Crippen molar-refractivity contribution in [1.82, 2.24) is 15.1 Å². The van der Waals surface area contributed by atoms with Crippen LogP contribution >= 0.6 is 0 Å². The van der Waals surface area contributed by atoms with Crippen molar-refractivity contribution >= 4 is 15.7 Å². The molecule has 0 bridgehead atoms. The quantitative estimate of drug-likeness (QED) is 0.901. The third-order valence-electron chi connectivity index (χ3n) is 3.52. The Morgan fingerprint density at radius 1 is 1.35 bits per heavy atom. The van der Waals surface area contributed by atoms with Crippen LogP contribution in [-0.4, -0.2) is 30.4 Å². The van der Waals surface area contributed by atoms with Gasteiger partial charge in [0.2, 0.25) is 5.91 Å². The van der Waals surface area contributed by atoms with Crippen molar-refractivity contribution in [1.29, 1.82) is 0 Å². The van der Waals surface area contributed by atoms with Crippen LogP contribution < -0.4 is 5.32 Å². The van der Waals surface area contributed by atoms with Crippen molar-refractivity contribution in [2.24, 2.45) is 0 Å². The van der Waals surface area contributed by atoms with Gasteiger partial charge < -0.3 is 5.32 Å². The Bertz CT molecular complexity index is 803. The van der Waals surface area contributed by atoms with E-state index in [9.17, 15) is 17.6 Å². The number of nitrogens with one attached hydrogen (secondary N) is 1. The molecule has 1 N–H and O–H groups in total. The van der Waals surface area contributed by atoms with Crippen molar-refractivity contribution in [3.8, 4) is 0 Å². The Morgan fingerprint density at radius 3 is 2.57 bits per heavy atom. The summed E-state index contributed by atoms with van der Waals surface area (Å²) in [5.41, 5.74) is 0.482. The molecule has 124 valence electrons. The number of rotatable bonds is 5. The van der Waals surface area contributed by atoms with Gasteiger partial charge in [0.25, 0.3) is 0 Å². The summed E-state index contributed by atoms with van der Waals surface area (Å²) in [5.74, 6) is -1.10. The van der Waals surface area contributed by atoms with Crippen molar-refractivity contribution in [2.75, 3.05) is 6.26 Å². The maximum atomic E-state index is 13.9. The second kappa shape index (κ2) is 6.49. The highest BCUT2D eigenvalue weighted by Crippen LogP contribution is 2.20. The van der Waals surface area contributed by atoms with Crippen LogP contribution in [0.1, 0.15) is 31.5 Å². The Balaban J connectivity index is 2.13. The number of amides is 1. The van der Waals surface area contributed by atoms with E-state index in [0.717, 1.165) is 12.3 Å². The lowest BCUT2D eigenvalue weighted by Crippen LogP contribution is -2.33. The topological polar surface area (TPSA) is 81.1 Å². The first-order valence-electron chi connectivity index (χ1n) is 6.99. The maximum absolute atomic E-state index is 13.9. The Kier molecular flexibility index (Phi) is 4.84. The van der Waals surface area contributed by atoms with Gasteiger partial charge in [0.05, 0.1) is 6.04 Å². The van der Waals surface area contributed by atoms with Crippen molar-refractivity contribution in [2.45, 2.75) is 30.8 Å². The molecule has 0 fully saturated rings. The number of halogens is 1. The number of benzene rings is 1. The van der Waals surface area contributed by atoms with Crippen molar-refractivity contribution in [3.05, 3.63) is 48.0 Å². The van der Waals surface area contributed by atoms with Gasteiger partial charge in [0, 0.05) is 18.6 Å². The van der Waals surface area contributed by atoms with E-state index in [1.807, 2.05) is 0 Å². The molecule has 1 amide bonds. The van der Waals surface area contributed by atoms with Crippen LogP contribution in [0.25, 0.3) is 0 Å². The number of carbonyl (C=O) groups is 1. The van der Waals surface area contributed by atoms with Crippen LogP contribution in [0.15, 0.2) is 41.6 Å². The average molecular weight is 339 g/mol. The van der Waals surface area contributed by atoms with Crippen LogP contribution in [0.3, 0.4) is 0 Å². The molecule has 0 saturated heterocycles. The van der Waals surface area contributed by atoms with E-state index in [1.165, 1.54) is 16.8 Å². The molecule has 1 heterocycles. The first kappa shape index (κ1) is 17.1. The van der Waals surface area contributed by atoms with E-state index in [0.29, 0.717) is 5.56 Å². The first-order chi connectivity index (χ1) is 10.7. The van der Waals surface area contributed by atoms with Gasteiger partial charge in [-0.05, 0) is 37.6 Å². The molecule has 0 aliphatic carbocycles. The Morgan fingerprint density at radius 2 is 2.04 bits per heavy atom. The summed E-state index contributed by atoms with van der Waals surface area (Å²) in [6.45, 7) is 3.39. The molecule has 0 spiro atoms. The zero-order valence-electron chi connectivity index (χ0n) is 13.0. The third kappa shape index (κ3) is 3.95. The molecule has 6 nitrogen and oxygen atoms in total. The molecule has 0 unspecified atom stereocenters. The van der Waals surface area contributed by atoms with Gasteiger partial charge in [-0.15, -0.1) is 0 Å². The van der Waals surface area contributed by atoms with Crippen LogP contribution in [0, 0.1) is 5.82 Å². The number of nitrogens with zero attached hydrogens (tertiary/aromatic N) is 2. The minimum atomic E-state index is -3.62. The van der Waals surface area contributed by atoms with Gasteiger partial charge in [-0.2, -0.15) is 5.10 Å². The fourth-order valence-corrected chi connectivity index (χ4v) is 2.86. The van der Waals surface area contributed by atoms with Gasteiger partial charge >= 0.3 is 0 Å². The number of sulfone groups is 1. The summed E-state index contributed by atoms with van der Waals surface area (Å²) in [4.78, 5) is 11.8. The van der Waals surface area contributed by atoms with Crippen molar-refractivity contribution in [3.63, 3.8) is 0 Å². The smallest absolute Gasteiger partial charge is 0.245 e. The summed E-state index contributed by atoms with van der Waals surface area (Å²) in [5, 5.41) is 6.75. The molecule has 2 atom stereocenters. The molecule has 1 aromatic heterocycles. The Labute approximate surface area is 134 Å². The van der Waals surface area contributed by atoms with Gasteiger partial charge in [-0.3, -0.25) is 9.48 Å². The predicted molar refractivity (Wildman–Crippen MR) is 83.0 cm³/mol. The standard InChI is InChI=1S/C15H18FN3O3S/c1-10(18-15(20)11(2)19-8-4-7-17-19)12-5-6-14(13(16)9-12)23(3,21)22/h4-11H,1-3H3,(H,18,20)/t10-,11+/m1/s1. The van der Waals surface area contributed by atoms with E-state index < -0.39 is 27.7 Å². The summed E-state index contributed by atoms with van der Waals surface area (Å²) in [6.07, 6.45) is 4.20. The van der Waals surface area contributed by atoms with Gasteiger partial charge in [-0.1, -0.05) is 6.07 Å². The highest BCUT2D eigenvalue weighted by atomic mass is 32.2. The third-order valence-corrected chi connectivity index (χ3v) is 4.65. The first-order valence-corrected chi connectivity index (χ1v) is 8.88. The van der Waals surface area contributed by atoms with E-state index in [-0.39, 0.29) is 10.8 Å². The van der Waals surface area contributed by atoms with E-state index >= 15 is 0 Å². The van der Waals surface area contributed by atoms with E-state index in [1.54, 1.807) is 32.3 Å². The summed E-state index contributed by atoms with van der Waals surface area (Å²) in [7, 11) is -3.62. The lowest BCUT2D eigenvalue weighted by molar-refractivity contribution is -0.124. The average Bonchev–Trinajstić information content (AvgIpc) is 2.98. The van der Waals surface area contributed by atoms with Crippen LogP contribution in [0.2, 0.25) is 0 Å². The molecule has 2 rings (SSSR count). The summed E-state index contributed by atoms with van der Waals surface area (Å²) in [6, 6.07) is 4.56. The van der Waals surface area contributed by atoms with Crippen LogP contribution in [0.5, 0.6) is 0 Å². The van der Waals surface area contributed by atoms with Crippen molar-refractivity contribution < 1.29 is 17.6 Å². The van der Waals surface area contributed by atoms with Gasteiger partial charge in [-0.25, -0.2) is 12.8 Å². The fourth-order valence-electron chi connectivity index (χ4n) is 2.13. The Hall–Kier alpha value is -2.22. The fraction of sp³-hybridized carbons (Fsp3) is 0.333. The SMILES string of the molecule is C[C@@H](NC(=O)[C@H](C)n1cccn1)c1ccc(S(C)(=O)=O)c(F)c1. The second-order valence-corrected chi connectivity index (χ2v) is 7.34. The highest BCUT2D eigenvalue weighted by Gasteiger charge is 2.20. The van der Waals surface area contributed by atoms with E-state index in [2.05, 4.69) is 10.4 Å². The number of hydrogen-bond donors (Lipinski definition) is 1. The zero-order valence-corrected chi connectivity index (χ0v) is 13.8. The summed E-state index contributed by atoms with van der Waals surface area (Å²) < 4.78 is 38.3. The number of aromatic nitrogens is 2. The zero-order chi connectivity index (χ0) is 17.2. The minimum absolute atomic E-state index is 0.270. The highest BCUT2D eigenvalue weighted by molar-refractivity contribution is 7.90.